The summed E-state index contributed by atoms with van der Waals surface area (Å²) >= 11 is 0. The summed E-state index contributed by atoms with van der Waals surface area (Å²) in [5.74, 6) is 0. The van der Waals surface area contributed by atoms with E-state index >= 15 is 0 Å². The molecule has 2 heteroatoms. The normalized spacial score (nSPS) is 18.9. The molecule has 2 saturated carbocycles. The molecule has 0 heterocycles. The van der Waals surface area contributed by atoms with Crippen LogP contribution in [0.4, 0.5) is 0 Å². The molecule has 0 N–H and O–H groups in total. The first-order chi connectivity index (χ1) is 6.30. The molecule has 0 radical (unpaired) electrons. The third kappa shape index (κ3) is 9.69. The molecule has 0 aliphatic heterocycles. The van der Waals surface area contributed by atoms with E-state index in [2.05, 4.69) is 19.0 Å². The molecule has 2 fully saturated rings. The molecule has 0 unspecified atom stereocenters. The zero-order valence-corrected chi connectivity index (χ0v) is 12.8. The molecule has 0 aromatic rings. The van der Waals surface area contributed by atoms with Crippen LogP contribution in [0.5, 0.6) is 0 Å². The smallest absolute Gasteiger partial charge is 0.358 e. The van der Waals surface area contributed by atoms with E-state index in [1.807, 2.05) is 0 Å². The van der Waals surface area contributed by atoms with Gasteiger partial charge < -0.3 is 19.8 Å². The van der Waals surface area contributed by atoms with Crippen LogP contribution in [0.2, 0.25) is 0 Å². The van der Waals surface area contributed by atoms with Crippen LogP contribution in [0, 0.1) is 14.9 Å². The molecule has 0 saturated heterocycles. The minimum atomic E-state index is 0. The second-order valence-corrected chi connectivity index (χ2v) is 4.67. The third-order valence-electron chi connectivity index (χ3n) is 3.30. The Morgan fingerprint density at radius 2 is 1.00 bits per heavy atom. The molecule has 0 atom stereocenters. The van der Waals surface area contributed by atoms with E-state index < -0.39 is 0 Å². The standard InChI is InChI=1S/C7H15N.C5H10.2CH3.Fe/c1-8(2)7-5-3-4-6-7;1-2-4-5-3-1;;;/h7H,3-6H2,1-2H3;1-5H2;2*1H3;/q;;2*-1;+2. The van der Waals surface area contributed by atoms with Gasteiger partial charge in [0.2, 0.25) is 0 Å². The van der Waals surface area contributed by atoms with Crippen molar-refractivity contribution in [2.75, 3.05) is 14.1 Å². The average molecular weight is 269 g/mol. The Hall–Kier alpha value is 0.479. The van der Waals surface area contributed by atoms with E-state index in [-0.39, 0.29) is 31.9 Å². The van der Waals surface area contributed by atoms with E-state index in [9.17, 15) is 0 Å². The van der Waals surface area contributed by atoms with Crippen LogP contribution in [0.15, 0.2) is 0 Å². The van der Waals surface area contributed by atoms with E-state index in [1.54, 1.807) is 0 Å². The van der Waals surface area contributed by atoms with Crippen molar-refractivity contribution < 1.29 is 17.1 Å². The van der Waals surface area contributed by atoms with E-state index in [4.69, 9.17) is 0 Å². The summed E-state index contributed by atoms with van der Waals surface area (Å²) < 4.78 is 0. The van der Waals surface area contributed by atoms with Crippen LogP contribution in [0.25, 0.3) is 0 Å². The van der Waals surface area contributed by atoms with Crippen LogP contribution >= 0.6 is 0 Å². The topological polar surface area (TPSA) is 3.24 Å². The minimum Gasteiger partial charge on any atom is -0.358 e. The van der Waals surface area contributed by atoms with Crippen molar-refractivity contribution in [3.05, 3.63) is 14.9 Å². The maximum Gasteiger partial charge on any atom is 2.00 e. The first-order valence-electron chi connectivity index (χ1n) is 5.97. The molecule has 2 aliphatic carbocycles. The predicted molar refractivity (Wildman–Crippen MR) is 71.9 cm³/mol. The summed E-state index contributed by atoms with van der Waals surface area (Å²) in [4.78, 5) is 2.34. The second kappa shape index (κ2) is 13.5. The first kappa shape index (κ1) is 21.7. The van der Waals surface area contributed by atoms with Crippen LogP contribution in [0.1, 0.15) is 57.8 Å². The fraction of sp³-hybridized carbons (Fsp3) is 0.857. The summed E-state index contributed by atoms with van der Waals surface area (Å²) in [6.07, 6.45) is 13.2. The molecule has 16 heavy (non-hydrogen) atoms. The largest absolute Gasteiger partial charge is 2.00 e. The molecule has 2 aliphatic rings. The van der Waals surface area contributed by atoms with E-state index in [0.717, 1.165) is 6.04 Å². The van der Waals surface area contributed by atoms with Gasteiger partial charge in [-0.2, -0.15) is 0 Å². The Bertz CT molecular complexity index is 108. The molecule has 0 bridgehead atoms. The van der Waals surface area contributed by atoms with Crippen molar-refractivity contribution in [1.29, 1.82) is 0 Å². The van der Waals surface area contributed by atoms with Crippen molar-refractivity contribution in [3.63, 3.8) is 0 Å². The van der Waals surface area contributed by atoms with Gasteiger partial charge in [-0.1, -0.05) is 44.9 Å². The van der Waals surface area contributed by atoms with Gasteiger partial charge in [-0.15, -0.1) is 0 Å². The number of nitrogens with zero attached hydrogens (tertiary/aromatic N) is 1. The van der Waals surface area contributed by atoms with Crippen LogP contribution in [0.3, 0.4) is 0 Å². The Morgan fingerprint density at radius 3 is 1.19 bits per heavy atom. The van der Waals surface area contributed by atoms with Crippen LogP contribution < -0.4 is 0 Å². The van der Waals surface area contributed by atoms with Gasteiger partial charge >= 0.3 is 17.1 Å². The predicted octanol–water partition coefficient (Wildman–Crippen LogP) is 4.34. The van der Waals surface area contributed by atoms with Crippen LogP contribution in [-0.4, -0.2) is 25.0 Å². The summed E-state index contributed by atoms with van der Waals surface area (Å²) in [6, 6.07) is 0.898. The van der Waals surface area contributed by atoms with Gasteiger partial charge in [-0.05, 0) is 26.9 Å². The third-order valence-corrected chi connectivity index (χ3v) is 3.30. The monoisotopic (exact) mass is 269 g/mol. The fourth-order valence-corrected chi connectivity index (χ4v) is 2.30. The fourth-order valence-electron chi connectivity index (χ4n) is 2.30. The molecule has 100 valence electrons. The van der Waals surface area contributed by atoms with Gasteiger partial charge in [-0.3, -0.25) is 0 Å². The van der Waals surface area contributed by atoms with Crippen molar-refractivity contribution in [3.8, 4) is 0 Å². The molecule has 0 amide bonds. The Labute approximate surface area is 115 Å². The Morgan fingerprint density at radius 1 is 0.688 bits per heavy atom. The summed E-state index contributed by atoms with van der Waals surface area (Å²) in [5.41, 5.74) is 0. The van der Waals surface area contributed by atoms with Crippen molar-refractivity contribution in [2.24, 2.45) is 0 Å². The molecule has 1 nitrogen and oxygen atoms in total. The molecule has 0 aromatic heterocycles. The summed E-state index contributed by atoms with van der Waals surface area (Å²) in [5, 5.41) is 0. The number of hydrogen-bond acceptors (Lipinski definition) is 1. The molecule has 0 spiro atoms. The summed E-state index contributed by atoms with van der Waals surface area (Å²) in [6.45, 7) is 0. The Balaban J connectivity index is -0.000000189. The zero-order valence-electron chi connectivity index (χ0n) is 11.7. The van der Waals surface area contributed by atoms with Gasteiger partial charge in [-0.25, -0.2) is 0 Å². The number of hydrogen-bond donors (Lipinski definition) is 0. The van der Waals surface area contributed by atoms with Crippen molar-refractivity contribution >= 4 is 0 Å². The van der Waals surface area contributed by atoms with Crippen molar-refractivity contribution in [1.82, 2.24) is 4.90 Å². The quantitative estimate of drug-likeness (QED) is 0.505. The Kier molecular flexibility index (Phi) is 18.4. The molecular formula is C14H31FeN. The SMILES string of the molecule is C1CCCC1.CN(C)C1CCCC1.[CH3-].[CH3-].[Fe+2]. The maximum atomic E-state index is 2.34. The molecule has 2 rings (SSSR count). The van der Waals surface area contributed by atoms with Gasteiger partial charge in [0.05, 0.1) is 0 Å². The van der Waals surface area contributed by atoms with Crippen molar-refractivity contribution in [2.45, 2.75) is 63.8 Å². The minimum absolute atomic E-state index is 0. The average Bonchev–Trinajstić information content (AvgIpc) is 2.82. The van der Waals surface area contributed by atoms with E-state index in [1.165, 1.54) is 57.8 Å². The zero-order chi connectivity index (χ0) is 9.52. The second-order valence-electron chi connectivity index (χ2n) is 4.67. The van der Waals surface area contributed by atoms with Crippen LogP contribution in [-0.2, 0) is 17.1 Å². The summed E-state index contributed by atoms with van der Waals surface area (Å²) in [7, 11) is 4.35. The van der Waals surface area contributed by atoms with Gasteiger partial charge in [0, 0.05) is 6.04 Å². The first-order valence-corrected chi connectivity index (χ1v) is 5.97. The molecular weight excluding hydrogens is 238 g/mol. The number of rotatable bonds is 1. The van der Waals surface area contributed by atoms with Gasteiger partial charge in [0.25, 0.3) is 0 Å². The molecule has 0 aromatic carbocycles. The maximum absolute atomic E-state index is 2.34. The van der Waals surface area contributed by atoms with Gasteiger partial charge in [0.15, 0.2) is 0 Å². The van der Waals surface area contributed by atoms with E-state index in [0.29, 0.717) is 0 Å². The van der Waals surface area contributed by atoms with Gasteiger partial charge in [0.1, 0.15) is 0 Å².